The first-order chi connectivity index (χ1) is 10.3. The molecule has 0 spiro atoms. The van der Waals surface area contributed by atoms with Crippen LogP contribution in [0, 0.1) is 48.0 Å². The lowest BCUT2D eigenvalue weighted by Gasteiger charge is -2.62. The fourth-order valence-corrected chi connectivity index (χ4v) is 7.32. The Morgan fingerprint density at radius 3 is 2.73 bits per heavy atom. The van der Waals surface area contributed by atoms with Crippen molar-refractivity contribution in [1.29, 1.82) is 0 Å². The molecule has 0 amide bonds. The zero-order valence-corrected chi connectivity index (χ0v) is 15.1. The number of nitrogens with two attached hydrogens (primary N) is 1. The van der Waals surface area contributed by atoms with Crippen molar-refractivity contribution in [2.75, 3.05) is 0 Å². The molecular weight excluding hydrogens is 266 g/mol. The van der Waals surface area contributed by atoms with Crippen LogP contribution in [0.3, 0.4) is 0 Å². The molecule has 0 aromatic rings. The van der Waals surface area contributed by atoms with Gasteiger partial charge in [0.2, 0.25) is 0 Å². The Morgan fingerprint density at radius 1 is 1.23 bits per heavy atom. The molecular formula is C21H35N. The molecule has 124 valence electrons. The third-order valence-corrected chi connectivity index (χ3v) is 8.15. The molecule has 0 aliphatic heterocycles. The SMILES string of the molecule is [CH2-][NH2+][C@]1(C)CC[C@@H]2[C@@H]3[C@@H]4C(=CC(C)(C)C[C@H]4C[C@H]2C)CC[C@H]31. The van der Waals surface area contributed by atoms with Crippen molar-refractivity contribution >= 4 is 0 Å². The average molecular weight is 302 g/mol. The molecule has 0 radical (unpaired) electrons. The van der Waals surface area contributed by atoms with Gasteiger partial charge >= 0.3 is 0 Å². The molecule has 22 heavy (non-hydrogen) atoms. The zero-order valence-electron chi connectivity index (χ0n) is 15.1. The number of hydrogen-bond acceptors (Lipinski definition) is 0. The van der Waals surface area contributed by atoms with Crippen LogP contribution in [-0.4, -0.2) is 5.54 Å². The Kier molecular flexibility index (Phi) is 3.36. The van der Waals surface area contributed by atoms with Crippen LogP contribution in [-0.2, 0) is 0 Å². The first kappa shape index (κ1) is 15.2. The van der Waals surface area contributed by atoms with Gasteiger partial charge in [-0.05, 0) is 74.0 Å². The summed E-state index contributed by atoms with van der Waals surface area (Å²) in [5.74, 6) is 5.67. The molecule has 4 aliphatic carbocycles. The van der Waals surface area contributed by atoms with Crippen LogP contribution in [0.15, 0.2) is 11.6 Å². The molecule has 1 heteroatoms. The topological polar surface area (TPSA) is 16.6 Å². The maximum Gasteiger partial charge on any atom is 0.0726 e. The lowest BCUT2D eigenvalue weighted by atomic mass is 9.44. The number of quaternary nitrogens is 1. The van der Waals surface area contributed by atoms with E-state index in [2.05, 4.69) is 46.1 Å². The van der Waals surface area contributed by atoms with Gasteiger partial charge in [0.05, 0.1) is 5.54 Å². The van der Waals surface area contributed by atoms with Crippen molar-refractivity contribution in [1.82, 2.24) is 0 Å². The first-order valence-electron chi connectivity index (χ1n) is 9.70. The van der Waals surface area contributed by atoms with E-state index in [-0.39, 0.29) is 0 Å². The second-order valence-corrected chi connectivity index (χ2v) is 10.0. The smallest absolute Gasteiger partial charge is 0.0726 e. The van der Waals surface area contributed by atoms with E-state index in [9.17, 15) is 0 Å². The van der Waals surface area contributed by atoms with E-state index in [0.717, 1.165) is 35.5 Å². The first-order valence-corrected chi connectivity index (χ1v) is 9.70. The molecule has 0 aromatic heterocycles. The summed E-state index contributed by atoms with van der Waals surface area (Å²) in [6.45, 7) is 10.0. The minimum absolute atomic E-state index is 0.404. The van der Waals surface area contributed by atoms with Crippen molar-refractivity contribution in [2.45, 2.75) is 71.8 Å². The van der Waals surface area contributed by atoms with E-state index in [1.54, 1.807) is 0 Å². The van der Waals surface area contributed by atoms with Gasteiger partial charge in [0.25, 0.3) is 0 Å². The lowest BCUT2D eigenvalue weighted by molar-refractivity contribution is -0.688. The van der Waals surface area contributed by atoms with Crippen molar-refractivity contribution in [2.24, 2.45) is 40.9 Å². The van der Waals surface area contributed by atoms with Crippen LogP contribution in [0.5, 0.6) is 0 Å². The number of allylic oxidation sites excluding steroid dienone is 2. The van der Waals surface area contributed by atoms with Crippen LogP contribution in [0.2, 0.25) is 0 Å². The van der Waals surface area contributed by atoms with E-state index in [1.165, 1.54) is 38.5 Å². The maximum atomic E-state index is 4.24. The van der Waals surface area contributed by atoms with Gasteiger partial charge < -0.3 is 5.32 Å². The highest BCUT2D eigenvalue weighted by Crippen LogP contribution is 2.62. The van der Waals surface area contributed by atoms with E-state index < -0.39 is 0 Å². The zero-order chi connectivity index (χ0) is 15.7. The quantitative estimate of drug-likeness (QED) is 0.553. The Balaban J connectivity index is 1.77. The summed E-state index contributed by atoms with van der Waals surface area (Å²) >= 11 is 0. The molecule has 3 fully saturated rings. The highest BCUT2D eigenvalue weighted by molar-refractivity contribution is 5.25. The maximum absolute atomic E-state index is 4.24. The standard InChI is InChI=1S/C21H35N/c1-13-10-15-12-20(2,3)11-14-6-7-17-19(18(14)15)16(13)8-9-21(17,4)22-5/h11,13,15-19H,5-10,12,22H2,1-4H3/t13-,15-,16+,17-,18-,19+,21-/m1/s1. The van der Waals surface area contributed by atoms with Gasteiger partial charge in [0, 0.05) is 12.3 Å². The highest BCUT2D eigenvalue weighted by Gasteiger charge is 2.58. The van der Waals surface area contributed by atoms with E-state index in [4.69, 9.17) is 0 Å². The van der Waals surface area contributed by atoms with Crippen molar-refractivity contribution in [3.63, 3.8) is 0 Å². The van der Waals surface area contributed by atoms with Gasteiger partial charge in [-0.25, -0.2) is 0 Å². The Bertz CT molecular complexity index is 490. The molecule has 4 rings (SSSR count). The molecule has 0 saturated heterocycles. The molecule has 2 N–H and O–H groups in total. The minimum atomic E-state index is 0.404. The largest absolute Gasteiger partial charge is 0.474 e. The summed E-state index contributed by atoms with van der Waals surface area (Å²) in [6, 6.07) is 0. The van der Waals surface area contributed by atoms with Crippen molar-refractivity contribution in [3.8, 4) is 0 Å². The average Bonchev–Trinajstić information content (AvgIpc) is 2.45. The summed E-state index contributed by atoms with van der Waals surface area (Å²) < 4.78 is 0. The summed E-state index contributed by atoms with van der Waals surface area (Å²) in [6.07, 6.45) is 11.2. The molecule has 1 nitrogen and oxygen atoms in total. The second-order valence-electron chi connectivity index (χ2n) is 10.0. The Hall–Kier alpha value is -0.300. The molecule has 0 aromatic carbocycles. The molecule has 0 unspecified atom stereocenters. The van der Waals surface area contributed by atoms with Crippen LogP contribution in [0.4, 0.5) is 0 Å². The molecule has 4 aliphatic rings. The Labute approximate surface area is 137 Å². The fourth-order valence-electron chi connectivity index (χ4n) is 7.32. The van der Waals surface area contributed by atoms with Gasteiger partial charge in [-0.15, -0.1) is 0 Å². The third kappa shape index (κ3) is 2.07. The van der Waals surface area contributed by atoms with Crippen LogP contribution < -0.4 is 5.32 Å². The highest BCUT2D eigenvalue weighted by atomic mass is 15.0. The Morgan fingerprint density at radius 2 is 2.00 bits per heavy atom. The van der Waals surface area contributed by atoms with Crippen molar-refractivity contribution < 1.29 is 5.32 Å². The minimum Gasteiger partial charge on any atom is -0.474 e. The summed E-state index contributed by atoms with van der Waals surface area (Å²) in [7, 11) is 4.24. The van der Waals surface area contributed by atoms with Crippen LogP contribution in [0.25, 0.3) is 0 Å². The molecule has 0 bridgehead atoms. The summed E-state index contributed by atoms with van der Waals surface area (Å²) in [5.41, 5.74) is 2.70. The van der Waals surface area contributed by atoms with Crippen LogP contribution in [0.1, 0.15) is 66.2 Å². The predicted molar refractivity (Wildman–Crippen MR) is 91.9 cm³/mol. The van der Waals surface area contributed by atoms with Crippen molar-refractivity contribution in [3.05, 3.63) is 18.7 Å². The molecule has 0 heterocycles. The lowest BCUT2D eigenvalue weighted by Crippen LogP contribution is -2.94. The van der Waals surface area contributed by atoms with Gasteiger partial charge in [-0.1, -0.05) is 32.4 Å². The molecule has 3 saturated carbocycles. The van der Waals surface area contributed by atoms with E-state index >= 15 is 0 Å². The van der Waals surface area contributed by atoms with Gasteiger partial charge in [-0.2, -0.15) is 7.05 Å². The second kappa shape index (κ2) is 4.85. The van der Waals surface area contributed by atoms with Gasteiger partial charge in [-0.3, -0.25) is 0 Å². The summed E-state index contributed by atoms with van der Waals surface area (Å²) in [5, 5.41) is 2.32. The monoisotopic (exact) mass is 301 g/mol. The predicted octanol–water partition coefficient (Wildman–Crippen LogP) is 4.16. The van der Waals surface area contributed by atoms with Gasteiger partial charge in [0.1, 0.15) is 0 Å². The van der Waals surface area contributed by atoms with E-state index in [1.807, 2.05) is 5.57 Å². The van der Waals surface area contributed by atoms with Gasteiger partial charge in [0.15, 0.2) is 0 Å². The molecule has 7 atom stereocenters. The van der Waals surface area contributed by atoms with E-state index in [0.29, 0.717) is 11.0 Å². The number of rotatable bonds is 1. The number of hydrogen-bond donors (Lipinski definition) is 1. The summed E-state index contributed by atoms with van der Waals surface area (Å²) in [4.78, 5) is 0. The third-order valence-electron chi connectivity index (χ3n) is 8.15. The normalized spacial score (nSPS) is 52.7. The fraction of sp³-hybridized carbons (Fsp3) is 0.857. The van der Waals surface area contributed by atoms with Crippen LogP contribution >= 0.6 is 0 Å².